The van der Waals surface area contributed by atoms with Crippen LogP contribution in [0.5, 0.6) is 0 Å². The van der Waals surface area contributed by atoms with Crippen molar-refractivity contribution in [1.29, 1.82) is 0 Å². The van der Waals surface area contributed by atoms with E-state index in [2.05, 4.69) is 29.4 Å². The Morgan fingerprint density at radius 2 is 1.92 bits per heavy atom. The molecule has 3 aliphatic rings. The predicted octanol–water partition coefficient (Wildman–Crippen LogP) is 3.72. The fraction of sp³-hybridized carbons (Fsp3) is 0.483. The van der Waals surface area contributed by atoms with Gasteiger partial charge >= 0.3 is 0 Å². The van der Waals surface area contributed by atoms with Crippen molar-refractivity contribution >= 4 is 28.6 Å². The van der Waals surface area contributed by atoms with Crippen LogP contribution < -0.4 is 5.32 Å². The fourth-order valence-corrected chi connectivity index (χ4v) is 6.76. The van der Waals surface area contributed by atoms with E-state index < -0.39 is 17.4 Å². The van der Waals surface area contributed by atoms with Crippen LogP contribution in [0.4, 0.5) is 0 Å². The molecule has 3 amide bonds. The van der Waals surface area contributed by atoms with E-state index in [4.69, 9.17) is 4.42 Å². The molecule has 2 aromatic heterocycles. The maximum atomic E-state index is 14.1. The third-order valence-corrected chi connectivity index (χ3v) is 8.72. The van der Waals surface area contributed by atoms with Gasteiger partial charge in [0.15, 0.2) is 0 Å². The van der Waals surface area contributed by atoms with E-state index in [9.17, 15) is 14.4 Å². The summed E-state index contributed by atoms with van der Waals surface area (Å²) in [6.45, 7) is 4.39. The maximum Gasteiger partial charge on any atom is 0.228 e. The van der Waals surface area contributed by atoms with Gasteiger partial charge in [-0.2, -0.15) is 0 Å². The number of piperidine rings is 2. The first kappa shape index (κ1) is 23.8. The van der Waals surface area contributed by atoms with E-state index in [0.29, 0.717) is 18.7 Å². The molecule has 8 heteroatoms. The van der Waals surface area contributed by atoms with Crippen molar-refractivity contribution in [3.63, 3.8) is 0 Å². The number of para-hydroxylation sites is 1. The Morgan fingerprint density at radius 3 is 2.70 bits per heavy atom. The summed E-state index contributed by atoms with van der Waals surface area (Å²) in [5, 5.41) is 4.03. The van der Waals surface area contributed by atoms with Crippen molar-refractivity contribution in [2.45, 2.75) is 57.5 Å². The molecule has 3 atom stereocenters. The number of aromatic amines is 1. The molecule has 1 unspecified atom stereocenters. The van der Waals surface area contributed by atoms with Gasteiger partial charge in [0.1, 0.15) is 5.76 Å². The molecule has 3 aliphatic heterocycles. The zero-order valence-corrected chi connectivity index (χ0v) is 21.3. The van der Waals surface area contributed by atoms with Gasteiger partial charge in [-0.15, -0.1) is 0 Å². The summed E-state index contributed by atoms with van der Waals surface area (Å²) in [5.74, 6) is -0.426. The Kier molecular flexibility index (Phi) is 6.05. The molecule has 0 radical (unpaired) electrons. The van der Waals surface area contributed by atoms with Gasteiger partial charge in [0.25, 0.3) is 0 Å². The minimum Gasteiger partial charge on any atom is -0.467 e. The van der Waals surface area contributed by atoms with Crippen LogP contribution in [0.25, 0.3) is 10.9 Å². The molecule has 194 valence electrons. The molecule has 8 nitrogen and oxygen atoms in total. The summed E-state index contributed by atoms with van der Waals surface area (Å²) in [4.78, 5) is 48.4. The number of hydrogen-bond donors (Lipinski definition) is 2. The molecule has 3 aromatic rings. The molecule has 6 rings (SSSR count). The number of amides is 3. The smallest absolute Gasteiger partial charge is 0.228 e. The topological polar surface area (TPSA) is 98.6 Å². The molecule has 2 fully saturated rings. The highest BCUT2D eigenvalue weighted by atomic mass is 16.3. The first-order valence-corrected chi connectivity index (χ1v) is 13.5. The monoisotopic (exact) mass is 502 g/mol. The second-order valence-electron chi connectivity index (χ2n) is 10.8. The quantitative estimate of drug-likeness (QED) is 0.556. The maximum absolute atomic E-state index is 14.1. The van der Waals surface area contributed by atoms with Gasteiger partial charge in [0, 0.05) is 48.6 Å². The summed E-state index contributed by atoms with van der Waals surface area (Å²) in [6.07, 6.45) is 5.88. The molecular weight excluding hydrogens is 468 g/mol. The molecule has 0 bridgehead atoms. The van der Waals surface area contributed by atoms with Crippen LogP contribution in [0.15, 0.2) is 47.1 Å². The first-order chi connectivity index (χ1) is 18.0. The molecule has 2 saturated heterocycles. The van der Waals surface area contributed by atoms with Gasteiger partial charge in [0.2, 0.25) is 17.7 Å². The highest BCUT2D eigenvalue weighted by molar-refractivity contribution is 5.93. The molecule has 1 aromatic carbocycles. The van der Waals surface area contributed by atoms with E-state index in [1.165, 1.54) is 5.56 Å². The Balaban J connectivity index is 1.33. The Hall–Kier alpha value is -3.55. The lowest BCUT2D eigenvalue weighted by molar-refractivity contribution is -0.164. The normalized spacial score (nSPS) is 25.6. The van der Waals surface area contributed by atoms with Gasteiger partial charge < -0.3 is 24.5 Å². The average molecular weight is 503 g/mol. The largest absolute Gasteiger partial charge is 0.467 e. The van der Waals surface area contributed by atoms with Crippen molar-refractivity contribution in [1.82, 2.24) is 20.1 Å². The standard InChI is InChI=1S/C29H34N4O4/c1-29-23(28(36)32-12-5-2-6-13-32)16-19(17-25(34)30-18-20-8-7-15-37-20)27(35)33(29)14-11-22-21-9-3-4-10-24(21)31-26(22)29/h3-4,7-10,15,19,23,31H,2,5-6,11-14,16-18H2,1H3,(H,30,34)/t19?,23-,29+/m1/s1. The van der Waals surface area contributed by atoms with Crippen LogP contribution in [0.3, 0.4) is 0 Å². The fourth-order valence-electron chi connectivity index (χ4n) is 6.76. The zero-order valence-electron chi connectivity index (χ0n) is 21.3. The predicted molar refractivity (Wildman–Crippen MR) is 138 cm³/mol. The van der Waals surface area contributed by atoms with Crippen LogP contribution in [0.2, 0.25) is 0 Å². The number of rotatable bonds is 5. The molecule has 0 aliphatic carbocycles. The highest BCUT2D eigenvalue weighted by Crippen LogP contribution is 2.50. The molecule has 0 spiro atoms. The van der Waals surface area contributed by atoms with Crippen LogP contribution in [0, 0.1) is 11.8 Å². The van der Waals surface area contributed by atoms with E-state index in [0.717, 1.165) is 55.4 Å². The van der Waals surface area contributed by atoms with Gasteiger partial charge in [-0.3, -0.25) is 14.4 Å². The second-order valence-corrected chi connectivity index (χ2v) is 10.8. The summed E-state index contributed by atoms with van der Waals surface area (Å²) < 4.78 is 5.31. The minimum absolute atomic E-state index is 0.0392. The van der Waals surface area contributed by atoms with E-state index in [-0.39, 0.29) is 30.7 Å². The Bertz CT molecular complexity index is 1320. The number of H-pyrrole nitrogens is 1. The average Bonchev–Trinajstić information content (AvgIpc) is 3.58. The summed E-state index contributed by atoms with van der Waals surface area (Å²) in [6, 6.07) is 11.8. The number of fused-ring (bicyclic) bond motifs is 5. The van der Waals surface area contributed by atoms with E-state index in [1.54, 1.807) is 18.4 Å². The Morgan fingerprint density at radius 1 is 1.11 bits per heavy atom. The van der Waals surface area contributed by atoms with Crippen LogP contribution in [-0.2, 0) is 32.9 Å². The SMILES string of the molecule is C[C@]12c3[nH]c4ccccc4c3CCN1C(=O)C(CC(=O)NCc1ccco1)C[C@@H]2C(=O)N1CCCCC1. The van der Waals surface area contributed by atoms with Gasteiger partial charge in [-0.1, -0.05) is 18.2 Å². The van der Waals surface area contributed by atoms with E-state index in [1.807, 2.05) is 21.9 Å². The number of carbonyl (C=O) groups is 3. The Labute approximate surface area is 216 Å². The third kappa shape index (κ3) is 4.03. The van der Waals surface area contributed by atoms with Crippen molar-refractivity contribution in [2.75, 3.05) is 19.6 Å². The van der Waals surface area contributed by atoms with Gasteiger partial charge in [0.05, 0.1) is 24.3 Å². The molecule has 0 saturated carbocycles. The number of aromatic nitrogens is 1. The summed E-state index contributed by atoms with van der Waals surface area (Å²) >= 11 is 0. The van der Waals surface area contributed by atoms with Gasteiger partial charge in [-0.25, -0.2) is 0 Å². The number of benzene rings is 1. The van der Waals surface area contributed by atoms with Gasteiger partial charge in [-0.05, 0) is 62.8 Å². The summed E-state index contributed by atoms with van der Waals surface area (Å²) in [7, 11) is 0. The number of nitrogens with zero attached hydrogens (tertiary/aromatic N) is 2. The zero-order chi connectivity index (χ0) is 25.6. The van der Waals surface area contributed by atoms with E-state index >= 15 is 0 Å². The number of carbonyl (C=O) groups excluding carboxylic acids is 3. The van der Waals surface area contributed by atoms with Crippen molar-refractivity contribution in [2.24, 2.45) is 11.8 Å². The molecule has 37 heavy (non-hydrogen) atoms. The summed E-state index contributed by atoms with van der Waals surface area (Å²) in [5.41, 5.74) is 2.43. The highest BCUT2D eigenvalue weighted by Gasteiger charge is 2.57. The molecule has 2 N–H and O–H groups in total. The number of furan rings is 1. The first-order valence-electron chi connectivity index (χ1n) is 13.5. The lowest BCUT2D eigenvalue weighted by atomic mass is 9.67. The second kappa shape index (κ2) is 9.39. The van der Waals surface area contributed by atoms with Crippen molar-refractivity contribution in [3.05, 3.63) is 59.7 Å². The number of likely N-dealkylation sites (tertiary alicyclic amines) is 1. The number of hydrogen-bond acceptors (Lipinski definition) is 4. The third-order valence-electron chi connectivity index (χ3n) is 8.72. The molecule has 5 heterocycles. The van der Waals surface area contributed by atoms with Crippen molar-refractivity contribution < 1.29 is 18.8 Å². The minimum atomic E-state index is -0.778. The van der Waals surface area contributed by atoms with Crippen molar-refractivity contribution in [3.8, 4) is 0 Å². The van der Waals surface area contributed by atoms with Crippen LogP contribution in [-0.4, -0.2) is 52.1 Å². The number of nitrogens with one attached hydrogen (secondary N) is 2. The molecular formula is C29H34N4O4. The van der Waals surface area contributed by atoms with Crippen LogP contribution >= 0.6 is 0 Å². The van der Waals surface area contributed by atoms with Crippen LogP contribution in [0.1, 0.15) is 56.0 Å². The lowest BCUT2D eigenvalue weighted by Gasteiger charge is -2.54. The lowest BCUT2D eigenvalue weighted by Crippen LogP contribution is -2.64.